The van der Waals surface area contributed by atoms with Gasteiger partial charge in [-0.3, -0.25) is 4.57 Å². The Hall–Kier alpha value is -1.88. The number of likely N-dealkylation sites (N-methyl/N-ethyl adjacent to an activating group) is 1. The Morgan fingerprint density at radius 2 is 2.05 bits per heavy atom. The number of benzene rings is 1. The lowest BCUT2D eigenvalue weighted by molar-refractivity contribution is 0.445. The molecular formula is C14H18FN3O. The average Bonchev–Trinajstić information content (AvgIpc) is 2.71. The summed E-state index contributed by atoms with van der Waals surface area (Å²) in [5, 5.41) is 3.22. The van der Waals surface area contributed by atoms with Gasteiger partial charge in [-0.2, -0.15) is 0 Å². The van der Waals surface area contributed by atoms with Crippen molar-refractivity contribution in [2.75, 3.05) is 6.54 Å². The smallest absolute Gasteiger partial charge is 0.309 e. The lowest BCUT2D eigenvalue weighted by Crippen LogP contribution is -2.31. The zero-order chi connectivity index (χ0) is 13.8. The van der Waals surface area contributed by atoms with Crippen molar-refractivity contribution in [1.29, 1.82) is 0 Å². The predicted molar refractivity (Wildman–Crippen MR) is 72.5 cm³/mol. The summed E-state index contributed by atoms with van der Waals surface area (Å²) < 4.78 is 16.9. The first-order chi connectivity index (χ1) is 9.13. The van der Waals surface area contributed by atoms with Gasteiger partial charge in [-0.15, -0.1) is 0 Å². The Kier molecular flexibility index (Phi) is 4.16. The summed E-state index contributed by atoms with van der Waals surface area (Å²) in [6, 6.07) is 6.43. The Balaban J connectivity index is 2.29. The van der Waals surface area contributed by atoms with Gasteiger partial charge < -0.3 is 9.88 Å². The van der Waals surface area contributed by atoms with E-state index in [1.54, 1.807) is 42.2 Å². The van der Waals surface area contributed by atoms with Gasteiger partial charge in [0, 0.05) is 31.5 Å². The SMILES string of the molecule is CCNC(Cn1ccn(C)c1=O)c1ccccc1F. The van der Waals surface area contributed by atoms with Gasteiger partial charge in [0.15, 0.2) is 0 Å². The summed E-state index contributed by atoms with van der Waals surface area (Å²) in [5.41, 5.74) is 0.486. The molecule has 0 aliphatic rings. The highest BCUT2D eigenvalue weighted by atomic mass is 19.1. The fourth-order valence-corrected chi connectivity index (χ4v) is 2.12. The Morgan fingerprint density at radius 3 is 2.63 bits per heavy atom. The number of hydrogen-bond donors (Lipinski definition) is 1. The molecule has 0 fully saturated rings. The molecule has 1 heterocycles. The molecule has 0 saturated heterocycles. The summed E-state index contributed by atoms with van der Waals surface area (Å²) in [6.07, 6.45) is 3.42. The number of aryl methyl sites for hydroxylation is 1. The molecule has 102 valence electrons. The van der Waals surface area contributed by atoms with Gasteiger partial charge in [0.25, 0.3) is 0 Å². The first-order valence-electron chi connectivity index (χ1n) is 6.33. The van der Waals surface area contributed by atoms with E-state index in [-0.39, 0.29) is 17.5 Å². The monoisotopic (exact) mass is 263 g/mol. The van der Waals surface area contributed by atoms with E-state index in [1.165, 1.54) is 10.6 Å². The van der Waals surface area contributed by atoms with Gasteiger partial charge in [0.05, 0.1) is 6.04 Å². The molecule has 1 aromatic heterocycles. The number of nitrogens with zero attached hydrogens (tertiary/aromatic N) is 2. The summed E-state index contributed by atoms with van der Waals surface area (Å²) in [7, 11) is 1.70. The van der Waals surface area contributed by atoms with Crippen LogP contribution in [0.5, 0.6) is 0 Å². The average molecular weight is 263 g/mol. The zero-order valence-corrected chi connectivity index (χ0v) is 11.1. The van der Waals surface area contributed by atoms with E-state index in [1.807, 2.05) is 6.92 Å². The maximum Gasteiger partial charge on any atom is 0.327 e. The topological polar surface area (TPSA) is 39.0 Å². The minimum Gasteiger partial charge on any atom is -0.309 e. The van der Waals surface area contributed by atoms with Crippen molar-refractivity contribution in [3.8, 4) is 0 Å². The van der Waals surface area contributed by atoms with E-state index in [0.717, 1.165) is 0 Å². The highest BCUT2D eigenvalue weighted by Crippen LogP contribution is 2.18. The standard InChI is InChI=1S/C14H18FN3O/c1-3-16-13(11-6-4-5-7-12(11)15)10-18-9-8-17(2)14(18)19/h4-9,13,16H,3,10H2,1-2H3. The summed E-state index contributed by atoms with van der Waals surface area (Å²) in [5.74, 6) is -0.252. The number of nitrogens with one attached hydrogen (secondary N) is 1. The molecule has 0 amide bonds. The molecule has 4 nitrogen and oxygen atoms in total. The van der Waals surface area contributed by atoms with Crippen LogP contribution >= 0.6 is 0 Å². The van der Waals surface area contributed by atoms with Gasteiger partial charge in [0.1, 0.15) is 5.82 Å². The van der Waals surface area contributed by atoms with E-state index < -0.39 is 0 Å². The molecule has 19 heavy (non-hydrogen) atoms. The largest absolute Gasteiger partial charge is 0.327 e. The minimum absolute atomic E-state index is 0.0979. The molecular weight excluding hydrogens is 245 g/mol. The van der Waals surface area contributed by atoms with Crippen molar-refractivity contribution >= 4 is 0 Å². The van der Waals surface area contributed by atoms with E-state index in [9.17, 15) is 9.18 Å². The molecule has 5 heteroatoms. The van der Waals surface area contributed by atoms with Crippen molar-refractivity contribution in [2.24, 2.45) is 7.05 Å². The molecule has 1 N–H and O–H groups in total. The molecule has 0 spiro atoms. The first-order valence-corrected chi connectivity index (χ1v) is 6.33. The second-order valence-corrected chi connectivity index (χ2v) is 4.48. The molecule has 1 unspecified atom stereocenters. The zero-order valence-electron chi connectivity index (χ0n) is 11.1. The molecule has 0 aliphatic carbocycles. The third-order valence-electron chi connectivity index (χ3n) is 3.13. The Morgan fingerprint density at radius 1 is 1.32 bits per heavy atom. The fraction of sp³-hybridized carbons (Fsp3) is 0.357. The normalized spacial score (nSPS) is 12.6. The number of imidazole rings is 1. The third-order valence-corrected chi connectivity index (χ3v) is 3.13. The lowest BCUT2D eigenvalue weighted by atomic mass is 10.1. The van der Waals surface area contributed by atoms with E-state index >= 15 is 0 Å². The van der Waals surface area contributed by atoms with Crippen LogP contribution in [-0.4, -0.2) is 15.7 Å². The van der Waals surface area contributed by atoms with Crippen LogP contribution in [0, 0.1) is 5.82 Å². The van der Waals surface area contributed by atoms with Crippen LogP contribution in [0.25, 0.3) is 0 Å². The predicted octanol–water partition coefficient (Wildman–Crippen LogP) is 1.68. The summed E-state index contributed by atoms with van der Waals surface area (Å²) in [6.45, 7) is 3.08. The number of hydrogen-bond acceptors (Lipinski definition) is 2. The second kappa shape index (κ2) is 5.84. The van der Waals surface area contributed by atoms with Crippen molar-refractivity contribution in [1.82, 2.24) is 14.5 Å². The van der Waals surface area contributed by atoms with E-state index in [4.69, 9.17) is 0 Å². The van der Waals surface area contributed by atoms with Crippen LogP contribution in [0.3, 0.4) is 0 Å². The molecule has 2 aromatic rings. The molecule has 0 radical (unpaired) electrons. The molecule has 1 atom stereocenters. The highest BCUT2D eigenvalue weighted by molar-refractivity contribution is 5.21. The van der Waals surface area contributed by atoms with Crippen LogP contribution in [0.15, 0.2) is 41.5 Å². The molecule has 0 saturated carbocycles. The van der Waals surface area contributed by atoms with Gasteiger partial charge in [-0.05, 0) is 12.6 Å². The van der Waals surface area contributed by atoms with Crippen molar-refractivity contribution in [3.63, 3.8) is 0 Å². The molecule has 1 aromatic carbocycles. The number of rotatable bonds is 5. The van der Waals surface area contributed by atoms with Gasteiger partial charge >= 0.3 is 5.69 Å². The van der Waals surface area contributed by atoms with Gasteiger partial charge in [-0.25, -0.2) is 9.18 Å². The maximum atomic E-state index is 13.8. The van der Waals surface area contributed by atoms with Crippen molar-refractivity contribution in [2.45, 2.75) is 19.5 Å². The van der Waals surface area contributed by atoms with E-state index in [2.05, 4.69) is 5.32 Å². The van der Waals surface area contributed by atoms with Gasteiger partial charge in [-0.1, -0.05) is 25.1 Å². The quantitative estimate of drug-likeness (QED) is 0.891. The Bertz CT molecular complexity index is 603. The van der Waals surface area contributed by atoms with Crippen LogP contribution in [-0.2, 0) is 13.6 Å². The van der Waals surface area contributed by atoms with E-state index in [0.29, 0.717) is 18.7 Å². The summed E-state index contributed by atoms with van der Waals surface area (Å²) in [4.78, 5) is 11.8. The van der Waals surface area contributed by atoms with Crippen LogP contribution in [0.2, 0.25) is 0 Å². The fourth-order valence-electron chi connectivity index (χ4n) is 2.12. The molecule has 0 aliphatic heterocycles. The number of halogens is 1. The van der Waals surface area contributed by atoms with Crippen LogP contribution < -0.4 is 11.0 Å². The van der Waals surface area contributed by atoms with Crippen molar-refractivity contribution in [3.05, 3.63) is 58.5 Å². The lowest BCUT2D eigenvalue weighted by Gasteiger charge is -2.19. The molecule has 0 bridgehead atoms. The van der Waals surface area contributed by atoms with Gasteiger partial charge in [0.2, 0.25) is 0 Å². The molecule has 2 rings (SSSR count). The first kappa shape index (κ1) is 13.5. The number of aromatic nitrogens is 2. The van der Waals surface area contributed by atoms with Crippen LogP contribution in [0.4, 0.5) is 4.39 Å². The summed E-state index contributed by atoms with van der Waals surface area (Å²) >= 11 is 0. The third kappa shape index (κ3) is 2.93. The van der Waals surface area contributed by atoms with Crippen LogP contribution in [0.1, 0.15) is 18.5 Å². The second-order valence-electron chi connectivity index (χ2n) is 4.48. The van der Waals surface area contributed by atoms with Crippen molar-refractivity contribution < 1.29 is 4.39 Å². The maximum absolute atomic E-state index is 13.8. The highest BCUT2D eigenvalue weighted by Gasteiger charge is 2.16. The minimum atomic E-state index is -0.252. The Labute approximate surface area is 111 Å².